The molecule has 0 saturated heterocycles. The lowest BCUT2D eigenvalue weighted by atomic mass is 9.97. The van der Waals surface area contributed by atoms with Crippen LogP contribution in [0.5, 0.6) is 0 Å². The van der Waals surface area contributed by atoms with Crippen LogP contribution in [0.15, 0.2) is 0 Å². The van der Waals surface area contributed by atoms with Gasteiger partial charge in [0.2, 0.25) is 41.4 Å². The Hall–Kier alpha value is -5.94. The SMILES string of the molecule is CC[C@H](C)[C@H](NC(=O)[C@H](C)NC(=O)[C@H](CCC(N)=O)NC(=O)[C@@H](NC(=O)[C@H](CC(=O)[O-])NC(=O)[C@H](CCC(=O)[O-])NC(=O)[C@@H]([NH3+])CCSC)[C@@H](C)OP(=O)([O-])[O-])C(=O)N[C@@H](CC(=O)[O-])C(=O)[O-]. The van der Waals surface area contributed by atoms with E-state index in [4.69, 9.17) is 5.73 Å². The molecule has 0 bridgehead atoms. The summed E-state index contributed by atoms with van der Waals surface area (Å²) in [5.74, 6) is -17.8. The lowest BCUT2D eigenvalue weighted by Gasteiger charge is -2.36. The van der Waals surface area contributed by atoms with Gasteiger partial charge in [-0.15, -0.1) is 0 Å². The number of carbonyl (C=O) groups is 12. The van der Waals surface area contributed by atoms with Crippen molar-refractivity contribution >= 4 is 90.7 Å². The number of carboxylic acids is 4. The molecule has 0 radical (unpaired) electrons. The first-order valence-electron chi connectivity index (χ1n) is 20.2. The van der Waals surface area contributed by atoms with E-state index in [2.05, 4.69) is 26.2 Å². The van der Waals surface area contributed by atoms with Crippen LogP contribution in [0, 0.1) is 5.92 Å². The number of nitrogens with one attached hydrogen (secondary N) is 7. The van der Waals surface area contributed by atoms with Gasteiger partial charge in [0.25, 0.3) is 5.91 Å². The number of primary amides is 1. The number of hydrogen-bond donors (Lipinski definition) is 9. The van der Waals surface area contributed by atoms with Crippen LogP contribution in [-0.4, -0.2) is 138 Å². The number of amides is 8. The topological polar surface area (TPSA) is 507 Å². The second-order valence-corrected chi connectivity index (χ2v) is 17.0. The molecule has 0 fully saturated rings. The summed E-state index contributed by atoms with van der Waals surface area (Å²) < 4.78 is 15.9. The van der Waals surface area contributed by atoms with Gasteiger partial charge in [0, 0.05) is 43.6 Å². The molecule has 0 aliphatic heterocycles. The normalized spacial score (nSPS) is 15.7. The smallest absolute Gasteiger partial charge is 0.278 e. The van der Waals surface area contributed by atoms with Crippen LogP contribution in [-0.2, 0) is 66.6 Å². The number of carboxylic acid groups (broad SMARTS) is 4. The monoisotopic (exact) mass is 996 g/mol. The van der Waals surface area contributed by atoms with E-state index in [9.17, 15) is 92.3 Å². The fraction of sp³-hybridized carbons (Fsp3) is 0.667. The Labute approximate surface area is 387 Å². The van der Waals surface area contributed by atoms with E-state index in [-0.39, 0.29) is 12.8 Å². The third kappa shape index (κ3) is 24.4. The van der Waals surface area contributed by atoms with Crippen molar-refractivity contribution in [3.63, 3.8) is 0 Å². The van der Waals surface area contributed by atoms with Gasteiger partial charge in [-0.05, 0) is 51.0 Å². The minimum absolute atomic E-state index is 0.185. The van der Waals surface area contributed by atoms with E-state index < -0.39 is 178 Å². The second kappa shape index (κ2) is 29.6. The maximum Gasteiger partial charge on any atom is 0.278 e. The average Bonchev–Trinajstić information content (AvgIpc) is 3.21. The molecule has 0 aromatic carbocycles. The van der Waals surface area contributed by atoms with Gasteiger partial charge in [0.15, 0.2) is 6.04 Å². The van der Waals surface area contributed by atoms with Gasteiger partial charge in [-0.1, -0.05) is 20.3 Å². The highest BCUT2D eigenvalue weighted by atomic mass is 32.2. The van der Waals surface area contributed by atoms with Gasteiger partial charge >= 0.3 is 0 Å². The van der Waals surface area contributed by atoms with E-state index in [1.807, 2.05) is 21.3 Å². The molecule has 67 heavy (non-hydrogen) atoms. The second-order valence-electron chi connectivity index (χ2n) is 15.0. The molecule has 0 heterocycles. The minimum Gasteiger partial charge on any atom is -0.790 e. The molecule has 0 aliphatic rings. The van der Waals surface area contributed by atoms with Crippen molar-refractivity contribution < 1.29 is 103 Å². The van der Waals surface area contributed by atoms with Crippen molar-refractivity contribution in [3.05, 3.63) is 0 Å². The van der Waals surface area contributed by atoms with Gasteiger partial charge in [-0.25, -0.2) is 0 Å². The molecule has 10 atom stereocenters. The molecular formula is C36H55N9O20PS-5. The lowest BCUT2D eigenvalue weighted by molar-refractivity contribution is -0.404. The lowest BCUT2D eigenvalue weighted by Crippen LogP contribution is -2.69. The molecule has 0 unspecified atom stereocenters. The predicted octanol–water partition coefficient (Wildman–Crippen LogP) is -12.1. The summed E-state index contributed by atoms with van der Waals surface area (Å²) in [6.07, 6.45) is -5.43. The van der Waals surface area contributed by atoms with E-state index in [0.717, 1.165) is 13.8 Å². The summed E-state index contributed by atoms with van der Waals surface area (Å²) in [6.45, 7) is 4.84. The van der Waals surface area contributed by atoms with Crippen molar-refractivity contribution in [2.24, 2.45) is 11.7 Å². The first-order chi connectivity index (χ1) is 30.9. The van der Waals surface area contributed by atoms with Crippen LogP contribution in [0.1, 0.15) is 79.1 Å². The Morgan fingerprint density at radius 3 is 1.52 bits per heavy atom. The third-order valence-corrected chi connectivity index (χ3v) is 10.7. The molecule has 8 amide bonds. The van der Waals surface area contributed by atoms with Crippen molar-refractivity contribution in [1.29, 1.82) is 0 Å². The first-order valence-corrected chi connectivity index (χ1v) is 23.0. The largest absolute Gasteiger partial charge is 0.790 e. The Morgan fingerprint density at radius 2 is 1.04 bits per heavy atom. The molecule has 0 spiro atoms. The zero-order valence-corrected chi connectivity index (χ0v) is 38.7. The zero-order chi connectivity index (χ0) is 51.9. The van der Waals surface area contributed by atoms with Gasteiger partial charge in [-0.3, -0.25) is 38.4 Å². The van der Waals surface area contributed by atoms with Crippen molar-refractivity contribution in [2.75, 3.05) is 12.0 Å². The Morgan fingerprint density at radius 1 is 0.597 bits per heavy atom. The van der Waals surface area contributed by atoms with Gasteiger partial charge in [0.1, 0.15) is 36.3 Å². The van der Waals surface area contributed by atoms with Crippen molar-refractivity contribution in [3.8, 4) is 0 Å². The molecule has 31 heteroatoms. The van der Waals surface area contributed by atoms with E-state index >= 15 is 0 Å². The molecule has 0 saturated carbocycles. The summed E-state index contributed by atoms with van der Waals surface area (Å²) in [5, 5.41) is 59.8. The molecule has 29 nitrogen and oxygen atoms in total. The van der Waals surface area contributed by atoms with Crippen LogP contribution in [0.3, 0.4) is 0 Å². The number of rotatable bonds is 33. The Kier molecular flexibility index (Phi) is 27.0. The van der Waals surface area contributed by atoms with Crippen molar-refractivity contribution in [1.82, 2.24) is 37.2 Å². The predicted molar refractivity (Wildman–Crippen MR) is 213 cm³/mol. The first kappa shape index (κ1) is 61.1. The Balaban J connectivity index is 6.70. The van der Waals surface area contributed by atoms with Crippen LogP contribution in [0.2, 0.25) is 0 Å². The molecule has 0 aromatic rings. The van der Waals surface area contributed by atoms with Gasteiger partial charge in [-0.2, -0.15) is 11.8 Å². The number of thioether (sulfide) groups is 1. The summed E-state index contributed by atoms with van der Waals surface area (Å²) in [5.41, 5.74) is 8.87. The fourth-order valence-corrected chi connectivity index (χ4v) is 6.62. The summed E-state index contributed by atoms with van der Waals surface area (Å²) >= 11 is 1.36. The Bertz CT molecular complexity index is 1870. The summed E-state index contributed by atoms with van der Waals surface area (Å²) in [4.78, 5) is 173. The minimum atomic E-state index is -6.02. The van der Waals surface area contributed by atoms with E-state index in [0.29, 0.717) is 5.75 Å². The molecule has 0 aliphatic carbocycles. The molecule has 0 rings (SSSR count). The number of hydrogen-bond acceptors (Lipinski definition) is 21. The highest BCUT2D eigenvalue weighted by molar-refractivity contribution is 7.98. The highest BCUT2D eigenvalue weighted by Gasteiger charge is 2.37. The molecule has 380 valence electrons. The molecular weight excluding hydrogens is 941 g/mol. The number of nitrogens with two attached hydrogens (primary N) is 1. The van der Waals surface area contributed by atoms with Gasteiger partial charge in [0.05, 0.1) is 25.9 Å². The van der Waals surface area contributed by atoms with Crippen LogP contribution in [0.4, 0.5) is 0 Å². The molecule has 0 aromatic heterocycles. The van der Waals surface area contributed by atoms with Crippen LogP contribution in [0.25, 0.3) is 0 Å². The third-order valence-electron chi connectivity index (χ3n) is 9.49. The number of phosphoric ester groups is 1. The quantitative estimate of drug-likeness (QED) is 0.0276. The maximum absolute atomic E-state index is 13.8. The zero-order valence-electron chi connectivity index (χ0n) is 36.9. The van der Waals surface area contributed by atoms with Gasteiger partial charge < -0.3 is 107 Å². The summed E-state index contributed by atoms with van der Waals surface area (Å²) in [6, 6.07) is -14.5. The van der Waals surface area contributed by atoms with Crippen LogP contribution < -0.4 is 78.9 Å². The highest BCUT2D eigenvalue weighted by Crippen LogP contribution is 2.28. The average molecular weight is 997 g/mol. The summed E-state index contributed by atoms with van der Waals surface area (Å²) in [7, 11) is -6.02. The number of carbonyl (C=O) groups excluding carboxylic acids is 12. The van der Waals surface area contributed by atoms with E-state index in [1.54, 1.807) is 13.2 Å². The number of aliphatic carboxylic acids is 4. The standard InChI is InChI=1S/C36H60N9O20PS/c1-6-15(2)27(34(58)43-22(36(60)61)14-26(51)52)44-29(53)16(3)39-31(55)19(7-9-23(38)46)41-35(59)28(17(4)65-66(62,63)64)45-33(57)21(13-25(49)50)42-32(56)20(8-10-24(47)48)40-30(54)18(37)11-12-67-5/h15-22,27-28H,6-14,37H2,1-5H3,(H2,38,46)(H,39,55)(H,40,54)(H,41,59)(H,42,56)(H,43,58)(H,44,53)(H,45,57)(H,47,48)(H,49,50)(H,51,52)(H,60,61)(H2,62,63,64)/p-5/t15-,16-,17+,18-,19-,20-,21-,22-,27-,28-/m0/s1. The van der Waals surface area contributed by atoms with E-state index in [1.165, 1.54) is 18.7 Å². The van der Waals surface area contributed by atoms with Crippen LogP contribution >= 0.6 is 19.6 Å². The number of phosphoric acid groups is 1. The fourth-order valence-electron chi connectivity index (χ4n) is 5.57. The molecule has 12 N–H and O–H groups in total. The van der Waals surface area contributed by atoms with Crippen molar-refractivity contribution in [2.45, 2.75) is 134 Å². The maximum atomic E-state index is 13.8. The number of quaternary nitrogens is 1.